The van der Waals surface area contributed by atoms with E-state index in [1.807, 2.05) is 30.3 Å². The normalized spacial score (nSPS) is 20.4. The highest BCUT2D eigenvalue weighted by atomic mass is 16.5. The average molecular weight is 342 g/mol. The fraction of sp³-hybridized carbons (Fsp3) is 0.316. The largest absolute Gasteiger partial charge is 0.459 e. The molecule has 1 aromatic rings. The van der Waals surface area contributed by atoms with Crippen LogP contribution in [0.15, 0.2) is 55.6 Å². The Morgan fingerprint density at radius 2 is 1.92 bits per heavy atom. The SMILES string of the molecule is C=CCN1C(=O)CN(C)C(=O)C1(CC=C)C(=O)OCc1ccccc1. The van der Waals surface area contributed by atoms with E-state index in [4.69, 9.17) is 4.74 Å². The van der Waals surface area contributed by atoms with E-state index in [9.17, 15) is 14.4 Å². The Kier molecular flexibility index (Phi) is 5.75. The second-order valence-corrected chi connectivity index (χ2v) is 5.87. The molecule has 1 unspecified atom stereocenters. The Labute approximate surface area is 147 Å². The Morgan fingerprint density at radius 1 is 1.24 bits per heavy atom. The molecule has 1 atom stereocenters. The minimum Gasteiger partial charge on any atom is -0.459 e. The number of likely N-dealkylation sites (N-methyl/N-ethyl adjacent to an activating group) is 1. The third-order valence-corrected chi connectivity index (χ3v) is 4.14. The number of carbonyl (C=O) groups is 3. The molecule has 132 valence electrons. The van der Waals surface area contributed by atoms with E-state index in [-0.39, 0.29) is 32.0 Å². The number of ether oxygens (including phenoxy) is 1. The van der Waals surface area contributed by atoms with Gasteiger partial charge in [-0.3, -0.25) is 9.59 Å². The van der Waals surface area contributed by atoms with E-state index in [2.05, 4.69) is 13.2 Å². The molecule has 6 heteroatoms. The number of amides is 2. The number of benzene rings is 1. The predicted octanol–water partition coefficient (Wildman–Crippen LogP) is 1.53. The molecule has 1 saturated heterocycles. The van der Waals surface area contributed by atoms with Crippen molar-refractivity contribution in [3.63, 3.8) is 0 Å². The Morgan fingerprint density at radius 3 is 2.52 bits per heavy atom. The molecule has 1 aliphatic rings. The zero-order chi connectivity index (χ0) is 18.4. The van der Waals surface area contributed by atoms with Gasteiger partial charge in [0.2, 0.25) is 11.4 Å². The lowest BCUT2D eigenvalue weighted by Crippen LogP contribution is -2.71. The van der Waals surface area contributed by atoms with Crippen LogP contribution < -0.4 is 0 Å². The van der Waals surface area contributed by atoms with Gasteiger partial charge in [0, 0.05) is 20.0 Å². The van der Waals surface area contributed by atoms with E-state index < -0.39 is 17.4 Å². The molecular formula is C19H22N2O4. The highest BCUT2D eigenvalue weighted by Gasteiger charge is 2.57. The first-order chi connectivity index (χ1) is 12.0. The molecule has 25 heavy (non-hydrogen) atoms. The summed E-state index contributed by atoms with van der Waals surface area (Å²) in [5.41, 5.74) is -0.947. The van der Waals surface area contributed by atoms with Crippen molar-refractivity contribution >= 4 is 17.8 Å². The summed E-state index contributed by atoms with van der Waals surface area (Å²) in [6.07, 6.45) is 2.91. The smallest absolute Gasteiger partial charge is 0.342 e. The first kappa shape index (κ1) is 18.4. The van der Waals surface area contributed by atoms with Crippen LogP contribution in [0.3, 0.4) is 0 Å². The fourth-order valence-electron chi connectivity index (χ4n) is 2.92. The molecule has 0 aromatic heterocycles. The maximum absolute atomic E-state index is 12.9. The molecule has 0 spiro atoms. The molecule has 0 aliphatic carbocycles. The topological polar surface area (TPSA) is 66.9 Å². The lowest BCUT2D eigenvalue weighted by molar-refractivity contribution is -0.179. The summed E-state index contributed by atoms with van der Waals surface area (Å²) < 4.78 is 5.40. The summed E-state index contributed by atoms with van der Waals surface area (Å²) in [6, 6.07) is 9.14. The van der Waals surface area contributed by atoms with Crippen LogP contribution in [-0.2, 0) is 25.7 Å². The maximum atomic E-state index is 12.9. The monoisotopic (exact) mass is 342 g/mol. The van der Waals surface area contributed by atoms with Gasteiger partial charge in [-0.25, -0.2) is 4.79 Å². The molecule has 0 bridgehead atoms. The van der Waals surface area contributed by atoms with Crippen LogP contribution >= 0.6 is 0 Å². The quantitative estimate of drug-likeness (QED) is 0.428. The summed E-state index contributed by atoms with van der Waals surface area (Å²) in [7, 11) is 1.49. The first-order valence-electron chi connectivity index (χ1n) is 7.96. The van der Waals surface area contributed by atoms with Gasteiger partial charge < -0.3 is 14.5 Å². The van der Waals surface area contributed by atoms with Gasteiger partial charge in [0.25, 0.3) is 5.91 Å². The van der Waals surface area contributed by atoms with E-state index in [1.165, 1.54) is 29.0 Å². The number of rotatable bonds is 7. The number of esters is 1. The molecule has 2 amide bonds. The molecule has 1 heterocycles. The van der Waals surface area contributed by atoms with Gasteiger partial charge in [0.15, 0.2) is 0 Å². The molecule has 0 radical (unpaired) electrons. The van der Waals surface area contributed by atoms with Crippen LogP contribution in [0.4, 0.5) is 0 Å². The van der Waals surface area contributed by atoms with Crippen molar-refractivity contribution < 1.29 is 19.1 Å². The average Bonchev–Trinajstić information content (AvgIpc) is 2.61. The Hall–Kier alpha value is -2.89. The molecule has 0 saturated carbocycles. The minimum absolute atomic E-state index is 0.0195. The molecule has 1 fully saturated rings. The number of piperazine rings is 1. The number of carbonyl (C=O) groups excluding carboxylic acids is 3. The third kappa shape index (κ3) is 3.47. The Bertz CT molecular complexity index is 686. The highest BCUT2D eigenvalue weighted by Crippen LogP contribution is 2.29. The first-order valence-corrected chi connectivity index (χ1v) is 7.96. The van der Waals surface area contributed by atoms with Crippen molar-refractivity contribution in [2.75, 3.05) is 20.1 Å². The van der Waals surface area contributed by atoms with Gasteiger partial charge >= 0.3 is 5.97 Å². The molecule has 1 aromatic carbocycles. The zero-order valence-corrected chi connectivity index (χ0v) is 14.3. The van der Waals surface area contributed by atoms with E-state index >= 15 is 0 Å². The second kappa shape index (κ2) is 7.79. The highest BCUT2D eigenvalue weighted by molar-refractivity contribution is 6.13. The summed E-state index contributed by atoms with van der Waals surface area (Å²) in [4.78, 5) is 40.7. The van der Waals surface area contributed by atoms with Crippen LogP contribution in [0.2, 0.25) is 0 Å². The molecule has 6 nitrogen and oxygen atoms in total. The lowest BCUT2D eigenvalue weighted by Gasteiger charge is -2.45. The summed E-state index contributed by atoms with van der Waals surface area (Å²) in [6.45, 7) is 7.26. The summed E-state index contributed by atoms with van der Waals surface area (Å²) >= 11 is 0. The third-order valence-electron chi connectivity index (χ3n) is 4.14. The molecule has 2 rings (SSSR count). The van der Waals surface area contributed by atoms with Gasteiger partial charge in [0.05, 0.1) is 6.54 Å². The summed E-state index contributed by atoms with van der Waals surface area (Å²) in [5, 5.41) is 0. The van der Waals surface area contributed by atoms with Gasteiger partial charge in [-0.05, 0) is 5.56 Å². The van der Waals surface area contributed by atoms with Crippen LogP contribution in [-0.4, -0.2) is 53.3 Å². The van der Waals surface area contributed by atoms with Crippen LogP contribution in [0.1, 0.15) is 12.0 Å². The second-order valence-electron chi connectivity index (χ2n) is 5.87. The van der Waals surface area contributed by atoms with Crippen LogP contribution in [0.25, 0.3) is 0 Å². The van der Waals surface area contributed by atoms with Crippen molar-refractivity contribution in [1.29, 1.82) is 0 Å². The number of nitrogens with zero attached hydrogens (tertiary/aromatic N) is 2. The predicted molar refractivity (Wildman–Crippen MR) is 93.3 cm³/mol. The van der Waals surface area contributed by atoms with Gasteiger partial charge in [-0.2, -0.15) is 0 Å². The van der Waals surface area contributed by atoms with Gasteiger partial charge in [0.1, 0.15) is 6.61 Å². The van der Waals surface area contributed by atoms with Crippen molar-refractivity contribution in [2.24, 2.45) is 0 Å². The van der Waals surface area contributed by atoms with Crippen LogP contribution in [0, 0.1) is 0 Å². The zero-order valence-electron chi connectivity index (χ0n) is 14.3. The molecule has 1 aliphatic heterocycles. The van der Waals surface area contributed by atoms with Gasteiger partial charge in [-0.1, -0.05) is 42.5 Å². The minimum atomic E-state index is -1.74. The molecule has 0 N–H and O–H groups in total. The van der Waals surface area contributed by atoms with Crippen LogP contribution in [0.5, 0.6) is 0 Å². The van der Waals surface area contributed by atoms with Gasteiger partial charge in [-0.15, -0.1) is 13.2 Å². The van der Waals surface area contributed by atoms with E-state index in [0.717, 1.165) is 5.56 Å². The standard InChI is InChI=1S/C19H22N2O4/c1-4-11-19(18(24)25-14-15-9-7-6-8-10-15)17(23)20(3)13-16(22)21(19)12-5-2/h4-10H,1-2,11-14H2,3H3. The van der Waals surface area contributed by atoms with Crippen molar-refractivity contribution in [3.05, 3.63) is 61.2 Å². The maximum Gasteiger partial charge on any atom is 0.342 e. The van der Waals surface area contributed by atoms with Crippen molar-refractivity contribution in [1.82, 2.24) is 9.80 Å². The van der Waals surface area contributed by atoms with Crippen molar-refractivity contribution in [2.45, 2.75) is 18.6 Å². The van der Waals surface area contributed by atoms with E-state index in [0.29, 0.717) is 0 Å². The number of hydrogen-bond donors (Lipinski definition) is 0. The van der Waals surface area contributed by atoms with E-state index in [1.54, 1.807) is 0 Å². The lowest BCUT2D eigenvalue weighted by atomic mass is 9.88. The Balaban J connectivity index is 2.35. The van der Waals surface area contributed by atoms with Crippen molar-refractivity contribution in [3.8, 4) is 0 Å². The number of hydrogen-bond acceptors (Lipinski definition) is 4. The fourth-order valence-corrected chi connectivity index (χ4v) is 2.92. The summed E-state index contributed by atoms with van der Waals surface area (Å²) in [5.74, 6) is -1.57. The molecular weight excluding hydrogens is 320 g/mol.